The monoisotopic (exact) mass is 425 g/mol. The van der Waals surface area contributed by atoms with Gasteiger partial charge in [-0.2, -0.15) is 0 Å². The number of hydrogen-bond donors (Lipinski definition) is 0. The predicted molar refractivity (Wildman–Crippen MR) is 143 cm³/mol. The Morgan fingerprint density at radius 2 is 1.30 bits per heavy atom. The zero-order valence-corrected chi connectivity index (χ0v) is 19.6. The van der Waals surface area contributed by atoms with Crippen LogP contribution in [-0.4, -0.2) is 4.98 Å². The zero-order valence-electron chi connectivity index (χ0n) is 19.6. The van der Waals surface area contributed by atoms with E-state index in [1.54, 1.807) is 0 Å². The number of aromatic nitrogens is 1. The fourth-order valence-electron chi connectivity index (χ4n) is 5.50. The van der Waals surface area contributed by atoms with E-state index in [4.69, 9.17) is 4.98 Å². The maximum Gasteiger partial charge on any atom is 0.0780 e. The Kier molecular flexibility index (Phi) is 4.48. The predicted octanol–water partition coefficient (Wildman–Crippen LogP) is 9.10. The van der Waals surface area contributed by atoms with Gasteiger partial charge >= 0.3 is 0 Å². The number of hydrogen-bond acceptors (Lipinski definition) is 1. The highest BCUT2D eigenvalue weighted by molar-refractivity contribution is 6.24. The van der Waals surface area contributed by atoms with Crippen molar-refractivity contribution < 1.29 is 0 Å². The number of fused-ring (bicyclic) bond motifs is 7. The third-order valence-corrected chi connectivity index (χ3v) is 6.91. The number of benzene rings is 5. The van der Waals surface area contributed by atoms with Gasteiger partial charge in [-0.15, -0.1) is 0 Å². The molecule has 1 heteroatoms. The minimum Gasteiger partial charge on any atom is -0.256 e. The number of rotatable bonds is 2. The van der Waals surface area contributed by atoms with E-state index in [9.17, 15) is 0 Å². The summed E-state index contributed by atoms with van der Waals surface area (Å²) in [5, 5.41) is 10.5. The molecule has 160 valence electrons. The Labute approximate surface area is 194 Å². The Morgan fingerprint density at radius 3 is 2.09 bits per heavy atom. The summed E-state index contributed by atoms with van der Waals surface area (Å²) in [6.45, 7) is 8.92. The van der Waals surface area contributed by atoms with Crippen LogP contribution in [0.2, 0.25) is 0 Å². The molecule has 0 aliphatic carbocycles. The molecule has 5 aromatic carbocycles. The SMILES string of the molecule is Cc1cc(C)cc(-c2nccc3c2ccc2c4ccc5ccccc5c4cc(C(C)C)c32)c1. The molecule has 6 aromatic rings. The number of pyridine rings is 1. The topological polar surface area (TPSA) is 12.9 Å². The molecule has 1 heterocycles. The molecule has 0 N–H and O–H groups in total. The Hall–Kier alpha value is -3.71. The molecule has 6 rings (SSSR count). The largest absolute Gasteiger partial charge is 0.256 e. The second-order valence-corrected chi connectivity index (χ2v) is 9.62. The standard InChI is InChI=1S/C32H27N/c1-19(2)29-18-30-24-8-6-5-7-22(24)9-10-25(30)26-11-12-28-27(31(26)29)13-14-33-32(28)23-16-20(3)15-21(4)17-23/h5-19H,1-4H3. The minimum absolute atomic E-state index is 0.416. The third kappa shape index (κ3) is 3.11. The molecular weight excluding hydrogens is 398 g/mol. The normalized spacial score (nSPS) is 11.9. The van der Waals surface area contributed by atoms with Crippen molar-refractivity contribution in [3.05, 3.63) is 102 Å². The Balaban J connectivity index is 1.77. The molecule has 0 unspecified atom stereocenters. The average molecular weight is 426 g/mol. The third-order valence-electron chi connectivity index (χ3n) is 6.91. The van der Waals surface area contributed by atoms with E-state index in [0.29, 0.717) is 5.92 Å². The lowest BCUT2D eigenvalue weighted by Gasteiger charge is -2.18. The van der Waals surface area contributed by atoms with Gasteiger partial charge in [0.25, 0.3) is 0 Å². The van der Waals surface area contributed by atoms with Gasteiger partial charge in [0.2, 0.25) is 0 Å². The van der Waals surface area contributed by atoms with Crippen LogP contribution in [0.3, 0.4) is 0 Å². The quantitative estimate of drug-likeness (QED) is 0.252. The van der Waals surface area contributed by atoms with Crippen LogP contribution in [0.15, 0.2) is 85.1 Å². The van der Waals surface area contributed by atoms with Crippen LogP contribution in [-0.2, 0) is 0 Å². The van der Waals surface area contributed by atoms with E-state index in [0.717, 1.165) is 5.69 Å². The van der Waals surface area contributed by atoms with E-state index in [1.165, 1.54) is 65.3 Å². The average Bonchev–Trinajstić information content (AvgIpc) is 2.81. The summed E-state index contributed by atoms with van der Waals surface area (Å²) in [7, 11) is 0. The maximum atomic E-state index is 4.84. The highest BCUT2D eigenvalue weighted by atomic mass is 14.7. The highest BCUT2D eigenvalue weighted by Crippen LogP contribution is 2.41. The van der Waals surface area contributed by atoms with Crippen molar-refractivity contribution in [1.29, 1.82) is 0 Å². The van der Waals surface area contributed by atoms with E-state index in [1.807, 2.05) is 6.20 Å². The zero-order chi connectivity index (χ0) is 22.7. The Bertz CT molecular complexity index is 1690. The lowest BCUT2D eigenvalue weighted by Crippen LogP contribution is -1.95. The lowest BCUT2D eigenvalue weighted by atomic mass is 9.86. The van der Waals surface area contributed by atoms with Crippen molar-refractivity contribution in [3.8, 4) is 11.3 Å². The molecule has 1 aromatic heterocycles. The summed E-state index contributed by atoms with van der Waals surface area (Å²) in [4.78, 5) is 4.84. The van der Waals surface area contributed by atoms with Crippen molar-refractivity contribution in [3.63, 3.8) is 0 Å². The maximum absolute atomic E-state index is 4.84. The number of aryl methyl sites for hydroxylation is 2. The first-order chi connectivity index (χ1) is 16.0. The summed E-state index contributed by atoms with van der Waals surface area (Å²) in [5.74, 6) is 0.416. The van der Waals surface area contributed by atoms with Gasteiger partial charge in [-0.05, 0) is 87.3 Å². The molecule has 0 saturated heterocycles. The van der Waals surface area contributed by atoms with Gasteiger partial charge in [0.05, 0.1) is 5.69 Å². The Morgan fingerprint density at radius 1 is 0.606 bits per heavy atom. The van der Waals surface area contributed by atoms with Crippen molar-refractivity contribution in [2.75, 3.05) is 0 Å². The van der Waals surface area contributed by atoms with Crippen LogP contribution < -0.4 is 0 Å². The van der Waals surface area contributed by atoms with Gasteiger partial charge in [-0.1, -0.05) is 79.6 Å². The highest BCUT2D eigenvalue weighted by Gasteiger charge is 2.16. The summed E-state index contributed by atoms with van der Waals surface area (Å²) < 4.78 is 0. The van der Waals surface area contributed by atoms with Gasteiger partial charge in [-0.25, -0.2) is 0 Å². The van der Waals surface area contributed by atoms with Crippen LogP contribution in [0.4, 0.5) is 0 Å². The van der Waals surface area contributed by atoms with Crippen LogP contribution >= 0.6 is 0 Å². The molecule has 0 spiro atoms. The van der Waals surface area contributed by atoms with Crippen LogP contribution in [0.5, 0.6) is 0 Å². The molecule has 1 nitrogen and oxygen atoms in total. The van der Waals surface area contributed by atoms with Crippen molar-refractivity contribution in [2.45, 2.75) is 33.6 Å². The van der Waals surface area contributed by atoms with Gasteiger partial charge in [0.1, 0.15) is 0 Å². The van der Waals surface area contributed by atoms with Gasteiger partial charge in [-0.3, -0.25) is 4.98 Å². The van der Waals surface area contributed by atoms with Crippen molar-refractivity contribution in [1.82, 2.24) is 4.98 Å². The molecular formula is C32H27N. The fourth-order valence-corrected chi connectivity index (χ4v) is 5.50. The lowest BCUT2D eigenvalue weighted by molar-refractivity contribution is 0.879. The molecule has 0 saturated carbocycles. The number of nitrogens with zero attached hydrogens (tertiary/aromatic N) is 1. The summed E-state index contributed by atoms with van der Waals surface area (Å²) in [6.07, 6.45) is 1.98. The molecule has 0 fully saturated rings. The first-order valence-electron chi connectivity index (χ1n) is 11.8. The van der Waals surface area contributed by atoms with E-state index in [2.05, 4.69) is 107 Å². The smallest absolute Gasteiger partial charge is 0.0780 e. The summed E-state index contributed by atoms with van der Waals surface area (Å²) in [5.41, 5.74) is 6.19. The molecule has 33 heavy (non-hydrogen) atoms. The van der Waals surface area contributed by atoms with Crippen LogP contribution in [0.1, 0.15) is 36.5 Å². The molecule has 0 aliphatic rings. The van der Waals surface area contributed by atoms with E-state index < -0.39 is 0 Å². The molecule has 0 amide bonds. The second kappa shape index (κ2) is 7.42. The van der Waals surface area contributed by atoms with Crippen LogP contribution in [0.25, 0.3) is 54.3 Å². The first-order valence-corrected chi connectivity index (χ1v) is 11.8. The fraction of sp³-hybridized carbons (Fsp3) is 0.156. The molecule has 0 aliphatic heterocycles. The molecule has 0 atom stereocenters. The van der Waals surface area contributed by atoms with Gasteiger partial charge in [0.15, 0.2) is 0 Å². The van der Waals surface area contributed by atoms with Crippen molar-refractivity contribution >= 4 is 43.1 Å². The molecule has 0 bridgehead atoms. The van der Waals surface area contributed by atoms with E-state index in [-0.39, 0.29) is 0 Å². The first kappa shape index (κ1) is 19.9. The van der Waals surface area contributed by atoms with Gasteiger partial charge in [0, 0.05) is 17.1 Å². The summed E-state index contributed by atoms with van der Waals surface area (Å²) >= 11 is 0. The van der Waals surface area contributed by atoms with Crippen LogP contribution in [0, 0.1) is 13.8 Å². The van der Waals surface area contributed by atoms with E-state index >= 15 is 0 Å². The summed E-state index contributed by atoms with van der Waals surface area (Å²) in [6, 6.07) is 29.2. The van der Waals surface area contributed by atoms with Gasteiger partial charge < -0.3 is 0 Å². The minimum atomic E-state index is 0.416. The second-order valence-electron chi connectivity index (χ2n) is 9.62. The van der Waals surface area contributed by atoms with Crippen molar-refractivity contribution in [2.24, 2.45) is 0 Å². The molecule has 0 radical (unpaired) electrons.